The monoisotopic (exact) mass is 521 g/mol. The summed E-state index contributed by atoms with van der Waals surface area (Å²) in [5, 5.41) is 8.82. The summed E-state index contributed by atoms with van der Waals surface area (Å²) in [4.78, 5) is 9.89. The first kappa shape index (κ1) is 23.6. The fourth-order valence-corrected chi connectivity index (χ4v) is 7.27. The van der Waals surface area contributed by atoms with Crippen LogP contribution in [0.2, 0.25) is 0 Å². The molecule has 3 atom stereocenters. The van der Waals surface area contributed by atoms with Gasteiger partial charge in [0.25, 0.3) is 0 Å². The molecule has 7 heteroatoms. The summed E-state index contributed by atoms with van der Waals surface area (Å²) >= 11 is 0. The summed E-state index contributed by atoms with van der Waals surface area (Å²) in [6, 6.07) is 20.1. The number of benzene rings is 2. The second kappa shape index (κ2) is 9.73. The van der Waals surface area contributed by atoms with Gasteiger partial charge >= 0.3 is 0 Å². The first-order valence-electron chi connectivity index (χ1n) is 14.5. The van der Waals surface area contributed by atoms with Gasteiger partial charge in [0.1, 0.15) is 0 Å². The van der Waals surface area contributed by atoms with Crippen molar-refractivity contribution in [2.45, 2.75) is 50.2 Å². The molecule has 4 aromatic rings. The van der Waals surface area contributed by atoms with E-state index >= 15 is 0 Å². The minimum atomic E-state index is 0.656. The number of morpholine rings is 2. The number of ether oxygens (including phenoxy) is 2. The zero-order valence-electron chi connectivity index (χ0n) is 22.3. The van der Waals surface area contributed by atoms with Gasteiger partial charge in [-0.25, -0.2) is 4.98 Å². The van der Waals surface area contributed by atoms with Crippen molar-refractivity contribution < 1.29 is 9.47 Å². The van der Waals surface area contributed by atoms with Gasteiger partial charge < -0.3 is 14.4 Å². The first-order chi connectivity index (χ1) is 19.3. The van der Waals surface area contributed by atoms with Crippen LogP contribution in [0.5, 0.6) is 0 Å². The maximum absolute atomic E-state index is 5.74. The van der Waals surface area contributed by atoms with Gasteiger partial charge in [0.05, 0.1) is 32.1 Å². The third-order valence-electron chi connectivity index (χ3n) is 9.40. The number of fused-ring (bicyclic) bond motifs is 4. The number of pyridine rings is 1. The van der Waals surface area contributed by atoms with E-state index in [4.69, 9.17) is 14.5 Å². The third-order valence-corrected chi connectivity index (χ3v) is 9.40. The molecule has 2 bridgehead atoms. The van der Waals surface area contributed by atoms with Crippen molar-refractivity contribution in [2.75, 3.05) is 44.4 Å². The Morgan fingerprint density at radius 3 is 2.33 bits per heavy atom. The number of hydrogen-bond acceptors (Lipinski definition) is 6. The van der Waals surface area contributed by atoms with E-state index in [2.05, 4.69) is 68.5 Å². The Morgan fingerprint density at radius 2 is 1.54 bits per heavy atom. The van der Waals surface area contributed by atoms with Crippen LogP contribution in [-0.2, 0) is 22.3 Å². The molecule has 5 heterocycles. The molecule has 3 saturated heterocycles. The largest absolute Gasteiger partial charge is 0.378 e. The smallest absolute Gasteiger partial charge is 0.181 e. The summed E-state index contributed by atoms with van der Waals surface area (Å²) in [5.41, 5.74) is 9.55. The molecular formula is C32H35N5O2. The minimum absolute atomic E-state index is 0.656. The van der Waals surface area contributed by atoms with Crippen LogP contribution in [0.1, 0.15) is 30.4 Å². The molecule has 0 radical (unpaired) electrons. The van der Waals surface area contributed by atoms with E-state index < -0.39 is 0 Å². The van der Waals surface area contributed by atoms with E-state index in [1.165, 1.54) is 48.1 Å². The van der Waals surface area contributed by atoms with Crippen molar-refractivity contribution in [3.63, 3.8) is 0 Å². The first-order valence-corrected chi connectivity index (χ1v) is 14.5. The van der Waals surface area contributed by atoms with Crippen LogP contribution in [0.15, 0.2) is 54.7 Å². The lowest BCUT2D eigenvalue weighted by molar-refractivity contribution is -0.148. The molecule has 3 fully saturated rings. The van der Waals surface area contributed by atoms with Crippen molar-refractivity contribution in [1.29, 1.82) is 0 Å². The van der Waals surface area contributed by atoms with E-state index in [0.29, 0.717) is 18.1 Å². The third kappa shape index (κ3) is 4.24. The topological polar surface area (TPSA) is 66.5 Å². The quantitative estimate of drug-likeness (QED) is 0.388. The zero-order chi connectivity index (χ0) is 25.8. The fourth-order valence-electron chi connectivity index (χ4n) is 7.27. The van der Waals surface area contributed by atoms with Crippen LogP contribution in [0.3, 0.4) is 0 Å². The summed E-state index contributed by atoms with van der Waals surface area (Å²) in [6.07, 6.45) is 8.12. The van der Waals surface area contributed by atoms with Crippen LogP contribution in [0.25, 0.3) is 33.4 Å². The van der Waals surface area contributed by atoms with E-state index in [1.807, 2.05) is 6.20 Å². The Balaban J connectivity index is 1.04. The summed E-state index contributed by atoms with van der Waals surface area (Å²) in [7, 11) is 0. The number of aryl methyl sites for hydroxylation is 2. The SMILES string of the molecule is c1cc2c(cc1-c1cnc3n[nH]c(-c4ccc(N5CCOCC5)cc4)c3c1)CCC(N1C3COCC1C3)CC2. The molecule has 0 amide bonds. The molecule has 3 unspecified atom stereocenters. The van der Waals surface area contributed by atoms with Crippen molar-refractivity contribution in [1.82, 2.24) is 20.1 Å². The lowest BCUT2D eigenvalue weighted by Crippen LogP contribution is -2.66. The molecule has 2 aromatic heterocycles. The number of hydrogen-bond donors (Lipinski definition) is 1. The zero-order valence-corrected chi connectivity index (χ0v) is 22.3. The second-order valence-electron chi connectivity index (χ2n) is 11.6. The predicted molar refractivity (Wildman–Crippen MR) is 153 cm³/mol. The fraction of sp³-hybridized carbons (Fsp3) is 0.438. The molecule has 7 nitrogen and oxygen atoms in total. The maximum Gasteiger partial charge on any atom is 0.181 e. The highest BCUT2D eigenvalue weighted by molar-refractivity contribution is 5.93. The highest BCUT2D eigenvalue weighted by Crippen LogP contribution is 2.38. The Kier molecular flexibility index (Phi) is 5.89. The lowest BCUT2D eigenvalue weighted by Gasteiger charge is -2.56. The van der Waals surface area contributed by atoms with Crippen LogP contribution >= 0.6 is 0 Å². The van der Waals surface area contributed by atoms with Gasteiger partial charge in [-0.05, 0) is 67.0 Å². The van der Waals surface area contributed by atoms with Crippen LogP contribution in [-0.4, -0.2) is 77.7 Å². The van der Waals surface area contributed by atoms with E-state index in [-0.39, 0.29) is 0 Å². The van der Waals surface area contributed by atoms with E-state index in [9.17, 15) is 0 Å². The number of rotatable bonds is 4. The Morgan fingerprint density at radius 1 is 0.769 bits per heavy atom. The van der Waals surface area contributed by atoms with Crippen molar-refractivity contribution >= 4 is 16.7 Å². The number of nitrogens with zero attached hydrogens (tertiary/aromatic N) is 4. The summed E-state index contributed by atoms with van der Waals surface area (Å²) < 4.78 is 11.2. The maximum atomic E-state index is 5.74. The van der Waals surface area contributed by atoms with Crippen molar-refractivity contribution in [2.24, 2.45) is 0 Å². The molecule has 0 saturated carbocycles. The second-order valence-corrected chi connectivity index (χ2v) is 11.6. The van der Waals surface area contributed by atoms with E-state index in [1.54, 1.807) is 0 Å². The molecule has 1 N–H and O–H groups in total. The molecule has 1 aliphatic carbocycles. The predicted octanol–water partition coefficient (Wildman–Crippen LogP) is 4.85. The molecular weight excluding hydrogens is 486 g/mol. The van der Waals surface area contributed by atoms with E-state index in [0.717, 1.165) is 73.8 Å². The van der Waals surface area contributed by atoms with Gasteiger partial charge in [0.15, 0.2) is 5.65 Å². The van der Waals surface area contributed by atoms with Gasteiger partial charge in [-0.1, -0.05) is 30.3 Å². The molecule has 39 heavy (non-hydrogen) atoms. The molecule has 200 valence electrons. The van der Waals surface area contributed by atoms with Gasteiger partial charge in [0, 0.05) is 59.6 Å². The van der Waals surface area contributed by atoms with Crippen LogP contribution in [0.4, 0.5) is 5.69 Å². The average Bonchev–Trinajstić information content (AvgIpc) is 3.32. The number of nitrogens with one attached hydrogen (secondary N) is 1. The van der Waals surface area contributed by atoms with Crippen molar-refractivity contribution in [3.05, 3.63) is 65.9 Å². The number of H-pyrrole nitrogens is 1. The van der Waals surface area contributed by atoms with Crippen LogP contribution < -0.4 is 4.90 Å². The lowest BCUT2D eigenvalue weighted by atomic mass is 9.87. The summed E-state index contributed by atoms with van der Waals surface area (Å²) in [5.74, 6) is 0. The molecule has 3 aliphatic heterocycles. The highest BCUT2D eigenvalue weighted by atomic mass is 16.5. The Bertz CT molecular complexity index is 1480. The molecule has 8 rings (SSSR count). The number of anilines is 1. The van der Waals surface area contributed by atoms with Gasteiger partial charge in [-0.15, -0.1) is 0 Å². The normalized spacial score (nSPS) is 25.2. The minimum Gasteiger partial charge on any atom is -0.378 e. The summed E-state index contributed by atoms with van der Waals surface area (Å²) in [6.45, 7) is 5.31. The average molecular weight is 522 g/mol. The highest BCUT2D eigenvalue weighted by Gasteiger charge is 2.45. The Hall–Kier alpha value is -3.26. The van der Waals surface area contributed by atoms with Crippen molar-refractivity contribution in [3.8, 4) is 22.4 Å². The van der Waals surface area contributed by atoms with Gasteiger partial charge in [-0.2, -0.15) is 5.10 Å². The van der Waals surface area contributed by atoms with Crippen LogP contribution in [0, 0.1) is 0 Å². The molecule has 0 spiro atoms. The Labute approximate surface area is 229 Å². The molecule has 2 aromatic carbocycles. The molecule has 4 aliphatic rings. The van der Waals surface area contributed by atoms with Gasteiger partial charge in [-0.3, -0.25) is 10.00 Å². The number of aromatic amines is 1. The standard InChI is InChI=1S/C32H35N5O2/c1-2-24(15-23-6-10-27(9-3-21(1)23)37-28-17-29(37)20-39-19-28)25-16-30-31(34-35-32(30)33-18-25)22-4-7-26(8-5-22)36-11-13-38-14-12-36/h1-2,4-5,7-8,15-16,18,27-29H,3,6,9-14,17,19-20H2,(H,33,34,35). The number of aromatic nitrogens is 3. The van der Waals surface area contributed by atoms with Gasteiger partial charge in [0.2, 0.25) is 0 Å².